The Morgan fingerprint density at radius 2 is 0.857 bits per heavy atom. The number of amides is 2. The summed E-state index contributed by atoms with van der Waals surface area (Å²) in [6, 6.07) is 0. The average molecular weight is 732 g/mol. The SMILES string of the molecule is CC(C)(C)CCOC(=O)CCCCSCCC(=O)NCC(C)(C)CNCC(C)(C)CNC(=O)CCSCCCCC(=O)OCCC(C)(C)C. The van der Waals surface area contributed by atoms with Crippen LogP contribution in [0.15, 0.2) is 0 Å². The predicted molar refractivity (Wildman–Crippen MR) is 208 cm³/mol. The summed E-state index contributed by atoms with van der Waals surface area (Å²) in [6.07, 6.45) is 7.16. The molecular weight excluding hydrogens is 659 g/mol. The van der Waals surface area contributed by atoms with E-state index < -0.39 is 0 Å². The minimum Gasteiger partial charge on any atom is -0.466 e. The van der Waals surface area contributed by atoms with Crippen LogP contribution in [0, 0.1) is 21.7 Å². The maximum Gasteiger partial charge on any atom is 0.305 e. The maximum absolute atomic E-state index is 12.4. The molecule has 0 aromatic carbocycles. The number of nitrogens with one attached hydrogen (secondary N) is 3. The lowest BCUT2D eigenvalue weighted by molar-refractivity contribution is -0.145. The molecule has 2 amide bonds. The minimum atomic E-state index is -0.116. The first-order chi connectivity index (χ1) is 22.7. The Kier molecular flexibility index (Phi) is 24.7. The van der Waals surface area contributed by atoms with E-state index in [9.17, 15) is 19.2 Å². The van der Waals surface area contributed by atoms with Crippen molar-refractivity contribution in [2.24, 2.45) is 21.7 Å². The van der Waals surface area contributed by atoms with Crippen molar-refractivity contribution in [3.05, 3.63) is 0 Å². The molecule has 0 aliphatic rings. The highest BCUT2D eigenvalue weighted by Crippen LogP contribution is 2.20. The topological polar surface area (TPSA) is 123 Å². The van der Waals surface area contributed by atoms with Crippen LogP contribution in [0.2, 0.25) is 0 Å². The first kappa shape index (κ1) is 47.5. The van der Waals surface area contributed by atoms with Crippen molar-refractivity contribution in [1.29, 1.82) is 0 Å². The smallest absolute Gasteiger partial charge is 0.305 e. The van der Waals surface area contributed by atoms with Crippen LogP contribution in [0.4, 0.5) is 0 Å². The molecular formula is C38H73N3O6S2. The molecule has 0 aromatic rings. The Morgan fingerprint density at radius 1 is 0.490 bits per heavy atom. The number of hydrogen-bond donors (Lipinski definition) is 3. The molecule has 0 aliphatic carbocycles. The van der Waals surface area contributed by atoms with E-state index in [1.54, 1.807) is 23.5 Å². The molecule has 288 valence electrons. The third-order valence-corrected chi connectivity index (χ3v) is 9.89. The van der Waals surface area contributed by atoms with E-state index >= 15 is 0 Å². The summed E-state index contributed by atoms with van der Waals surface area (Å²) >= 11 is 3.50. The first-order valence-electron chi connectivity index (χ1n) is 18.4. The van der Waals surface area contributed by atoms with Crippen molar-refractivity contribution in [3.8, 4) is 0 Å². The van der Waals surface area contributed by atoms with Crippen LogP contribution in [0.5, 0.6) is 0 Å². The van der Waals surface area contributed by atoms with Crippen molar-refractivity contribution in [1.82, 2.24) is 16.0 Å². The fourth-order valence-electron chi connectivity index (χ4n) is 4.28. The molecule has 0 atom stereocenters. The summed E-state index contributed by atoms with van der Waals surface area (Å²) in [5.41, 5.74) is 0.134. The Bertz CT molecular complexity index is 871. The zero-order chi connectivity index (χ0) is 37.4. The van der Waals surface area contributed by atoms with Crippen molar-refractivity contribution < 1.29 is 28.7 Å². The molecule has 0 unspecified atom stereocenters. The molecule has 0 fully saturated rings. The summed E-state index contributed by atoms with van der Waals surface area (Å²) < 4.78 is 10.6. The summed E-state index contributed by atoms with van der Waals surface area (Å²) in [6.45, 7) is 25.0. The summed E-state index contributed by atoms with van der Waals surface area (Å²) in [4.78, 5) is 48.4. The van der Waals surface area contributed by atoms with E-state index in [0.717, 1.165) is 74.6 Å². The Morgan fingerprint density at radius 3 is 1.20 bits per heavy atom. The summed E-state index contributed by atoms with van der Waals surface area (Å²) in [7, 11) is 0. The average Bonchev–Trinajstić information content (AvgIpc) is 2.96. The van der Waals surface area contributed by atoms with Gasteiger partial charge in [-0.05, 0) is 71.7 Å². The number of rotatable bonds is 28. The number of esters is 2. The van der Waals surface area contributed by atoms with E-state index in [-0.39, 0.29) is 45.4 Å². The minimum absolute atomic E-state index is 0.0657. The molecule has 0 spiro atoms. The summed E-state index contributed by atoms with van der Waals surface area (Å²) in [5, 5.41) is 9.68. The second-order valence-corrected chi connectivity index (χ2v) is 19.6. The lowest BCUT2D eigenvalue weighted by Gasteiger charge is -2.30. The van der Waals surface area contributed by atoms with E-state index in [1.165, 1.54) is 0 Å². The zero-order valence-electron chi connectivity index (χ0n) is 32.9. The lowest BCUT2D eigenvalue weighted by atomic mass is 9.90. The maximum atomic E-state index is 12.4. The van der Waals surface area contributed by atoms with Crippen molar-refractivity contribution in [3.63, 3.8) is 0 Å². The highest BCUT2D eigenvalue weighted by atomic mass is 32.2. The molecule has 0 aromatic heterocycles. The van der Waals surface area contributed by atoms with Crippen LogP contribution in [-0.4, -0.2) is 86.2 Å². The number of hydrogen-bond acceptors (Lipinski definition) is 9. The van der Waals surface area contributed by atoms with E-state index in [2.05, 4.69) is 85.2 Å². The quantitative estimate of drug-likeness (QED) is 0.0558. The van der Waals surface area contributed by atoms with Crippen LogP contribution in [0.25, 0.3) is 0 Å². The highest BCUT2D eigenvalue weighted by Gasteiger charge is 2.23. The Labute approximate surface area is 308 Å². The van der Waals surface area contributed by atoms with Gasteiger partial charge in [-0.3, -0.25) is 19.2 Å². The molecule has 49 heavy (non-hydrogen) atoms. The van der Waals surface area contributed by atoms with Crippen LogP contribution in [0.3, 0.4) is 0 Å². The second kappa shape index (κ2) is 25.5. The molecule has 0 aliphatic heterocycles. The number of ether oxygens (including phenoxy) is 2. The zero-order valence-corrected chi connectivity index (χ0v) is 34.5. The van der Waals surface area contributed by atoms with Gasteiger partial charge in [0.15, 0.2) is 0 Å². The van der Waals surface area contributed by atoms with Crippen LogP contribution in [0.1, 0.15) is 133 Å². The number of carbonyl (C=O) groups is 4. The van der Waals surface area contributed by atoms with Gasteiger partial charge in [-0.1, -0.05) is 69.2 Å². The van der Waals surface area contributed by atoms with Gasteiger partial charge in [0.2, 0.25) is 11.8 Å². The fourth-order valence-corrected chi connectivity index (χ4v) is 6.17. The number of unbranched alkanes of at least 4 members (excludes halogenated alkanes) is 2. The third kappa shape index (κ3) is 33.4. The normalized spacial score (nSPS) is 12.4. The van der Waals surface area contributed by atoms with Gasteiger partial charge < -0.3 is 25.4 Å². The van der Waals surface area contributed by atoms with Crippen molar-refractivity contribution in [2.45, 2.75) is 133 Å². The lowest BCUT2D eigenvalue weighted by Crippen LogP contribution is -2.45. The van der Waals surface area contributed by atoms with E-state index in [1.807, 2.05) is 0 Å². The van der Waals surface area contributed by atoms with Gasteiger partial charge in [-0.15, -0.1) is 0 Å². The molecule has 0 saturated carbocycles. The van der Waals surface area contributed by atoms with Crippen LogP contribution < -0.4 is 16.0 Å². The van der Waals surface area contributed by atoms with Gasteiger partial charge in [0.05, 0.1) is 13.2 Å². The molecule has 0 bridgehead atoms. The third-order valence-electron chi connectivity index (χ3n) is 7.75. The summed E-state index contributed by atoms with van der Waals surface area (Å²) in [5.74, 6) is 3.32. The molecule has 11 heteroatoms. The van der Waals surface area contributed by atoms with Gasteiger partial charge in [0.1, 0.15) is 0 Å². The van der Waals surface area contributed by atoms with Gasteiger partial charge in [0, 0.05) is 63.4 Å². The molecule has 9 nitrogen and oxygen atoms in total. The highest BCUT2D eigenvalue weighted by molar-refractivity contribution is 7.99. The predicted octanol–water partition coefficient (Wildman–Crippen LogP) is 7.41. The molecule has 3 N–H and O–H groups in total. The molecule has 0 heterocycles. The Balaban J connectivity index is 3.88. The molecule has 0 rings (SSSR count). The first-order valence-corrected chi connectivity index (χ1v) is 20.7. The van der Waals surface area contributed by atoms with E-state index in [4.69, 9.17) is 9.47 Å². The number of carbonyl (C=O) groups excluding carboxylic acids is 4. The van der Waals surface area contributed by atoms with Crippen LogP contribution >= 0.6 is 23.5 Å². The monoisotopic (exact) mass is 731 g/mol. The second-order valence-electron chi connectivity index (χ2n) is 17.2. The van der Waals surface area contributed by atoms with Gasteiger partial charge in [-0.25, -0.2) is 0 Å². The van der Waals surface area contributed by atoms with Crippen molar-refractivity contribution >= 4 is 47.3 Å². The van der Waals surface area contributed by atoms with Gasteiger partial charge >= 0.3 is 11.9 Å². The van der Waals surface area contributed by atoms with E-state index in [0.29, 0.717) is 52.0 Å². The Hall–Kier alpha value is -1.46. The van der Waals surface area contributed by atoms with Crippen molar-refractivity contribution in [2.75, 3.05) is 62.4 Å². The standard InChI is InChI=1S/C38H73N3O6S2/c1-35(2,3)19-21-46-33(44)15-11-13-23-48-25-17-31(42)40-29-37(7,8)27-39-28-38(9,10)30-41-32(43)18-26-49-24-14-12-16-34(45)47-22-20-36(4,5)6/h39H,11-30H2,1-10H3,(H,40,42)(H,41,43). The van der Waals surface area contributed by atoms with Gasteiger partial charge in [0.25, 0.3) is 0 Å². The molecule has 0 saturated heterocycles. The van der Waals surface area contributed by atoms with Crippen LogP contribution in [-0.2, 0) is 28.7 Å². The van der Waals surface area contributed by atoms with Gasteiger partial charge in [-0.2, -0.15) is 23.5 Å². The number of thioether (sulfide) groups is 2. The molecule has 0 radical (unpaired) electrons. The fraction of sp³-hybridized carbons (Fsp3) is 0.895. The largest absolute Gasteiger partial charge is 0.466 e.